The number of imidazole rings is 1. The van der Waals surface area contributed by atoms with Crippen molar-refractivity contribution in [3.8, 4) is 17.2 Å². The zero-order chi connectivity index (χ0) is 38.4. The molecule has 1 aliphatic heterocycles. The Morgan fingerprint density at radius 3 is 2.33 bits per heavy atom. The number of nitriles is 1. The van der Waals surface area contributed by atoms with Crippen molar-refractivity contribution in [2.75, 3.05) is 5.33 Å². The van der Waals surface area contributed by atoms with Crippen LogP contribution < -0.4 is 11.3 Å². The van der Waals surface area contributed by atoms with Gasteiger partial charge in [0.05, 0.1) is 19.7 Å². The molecular weight excluding hydrogens is 712 g/mol. The van der Waals surface area contributed by atoms with E-state index in [1.165, 1.54) is 38.9 Å². The van der Waals surface area contributed by atoms with Gasteiger partial charge in [0.25, 0.3) is 12.3 Å². The van der Waals surface area contributed by atoms with Crippen molar-refractivity contribution in [1.29, 1.82) is 5.26 Å². The summed E-state index contributed by atoms with van der Waals surface area (Å²) in [4.78, 5) is 43.3. The van der Waals surface area contributed by atoms with Gasteiger partial charge in [-0.1, -0.05) is 114 Å². The maximum Gasteiger partial charge on any atom is 0.267 e. The SMILES string of the molecule is CC.CCC(=O)CCCCCCc1ncc(-c2ccc3c(=O)n(CCCCCCCCBr)ccc3c2)[nH]1.N#CB1CCC2(CC1)CC2C(N)=O.[B]C. The largest absolute Gasteiger partial charge is 0.369 e. The molecule has 1 unspecified atom stereocenters. The number of rotatable bonds is 18. The number of amides is 1. The number of hydrogen-bond donors (Lipinski definition) is 2. The summed E-state index contributed by atoms with van der Waals surface area (Å²) in [7, 11) is 4.50. The van der Waals surface area contributed by atoms with E-state index in [-0.39, 0.29) is 29.5 Å². The predicted molar refractivity (Wildman–Crippen MR) is 222 cm³/mol. The number of fused-ring (bicyclic) bond motifs is 1. The van der Waals surface area contributed by atoms with Crippen LogP contribution in [0, 0.1) is 22.6 Å². The quantitative estimate of drug-likeness (QED) is 0.0754. The molecule has 2 fully saturated rings. The van der Waals surface area contributed by atoms with E-state index in [4.69, 9.17) is 11.0 Å². The molecule has 5 rings (SSSR count). The second kappa shape index (κ2) is 25.0. The molecule has 3 N–H and O–H groups in total. The molecule has 52 heavy (non-hydrogen) atoms. The molecule has 282 valence electrons. The number of pyridine rings is 1. The summed E-state index contributed by atoms with van der Waals surface area (Å²) in [6, 6.07) is 8.09. The van der Waals surface area contributed by atoms with Crippen LogP contribution in [0.4, 0.5) is 0 Å². The number of aryl methyl sites for hydroxylation is 2. The molecule has 3 aromatic rings. The summed E-state index contributed by atoms with van der Waals surface area (Å²) in [5, 5.41) is 11.5. The second-order valence-corrected chi connectivity index (χ2v) is 14.7. The minimum atomic E-state index is -0.143. The van der Waals surface area contributed by atoms with Crippen molar-refractivity contribution >= 4 is 53.0 Å². The van der Waals surface area contributed by atoms with E-state index in [2.05, 4.69) is 51.8 Å². The molecule has 1 saturated carbocycles. The number of benzene rings is 1. The lowest BCUT2D eigenvalue weighted by Gasteiger charge is -2.23. The van der Waals surface area contributed by atoms with Crippen LogP contribution in [-0.4, -0.2) is 46.1 Å². The zero-order valence-corrected chi connectivity index (χ0v) is 33.9. The average molecular weight is 775 g/mol. The molecule has 1 aromatic carbocycles. The number of hydrogen-bond acceptors (Lipinski definition) is 5. The van der Waals surface area contributed by atoms with Crippen LogP contribution in [0.5, 0.6) is 0 Å². The number of carbonyl (C=O) groups is 2. The fourth-order valence-corrected chi connectivity index (χ4v) is 7.52. The van der Waals surface area contributed by atoms with Crippen molar-refractivity contribution in [3.63, 3.8) is 0 Å². The van der Waals surface area contributed by atoms with Crippen molar-refractivity contribution in [2.45, 2.75) is 150 Å². The van der Waals surface area contributed by atoms with E-state index in [1.54, 1.807) is 0 Å². The molecule has 2 aromatic heterocycles. The first-order chi connectivity index (χ1) is 25.3. The van der Waals surface area contributed by atoms with E-state index in [0.29, 0.717) is 18.6 Å². The van der Waals surface area contributed by atoms with Gasteiger partial charge < -0.3 is 15.3 Å². The van der Waals surface area contributed by atoms with Gasteiger partial charge in [0.1, 0.15) is 11.6 Å². The number of primary amides is 1. The topological polar surface area (TPSA) is 135 Å². The van der Waals surface area contributed by atoms with Crippen LogP contribution in [0.25, 0.3) is 22.0 Å². The highest BCUT2D eigenvalue weighted by molar-refractivity contribution is 9.09. The number of alkyl halides is 1. The minimum absolute atomic E-state index is 0.0966. The fourth-order valence-electron chi connectivity index (χ4n) is 7.12. The summed E-state index contributed by atoms with van der Waals surface area (Å²) in [6.07, 6.45) is 22.6. The van der Waals surface area contributed by atoms with Crippen molar-refractivity contribution in [3.05, 3.63) is 52.8 Å². The molecule has 8 nitrogen and oxygen atoms in total. The van der Waals surface area contributed by atoms with E-state index >= 15 is 0 Å². The van der Waals surface area contributed by atoms with Gasteiger partial charge in [-0.3, -0.25) is 14.4 Å². The van der Waals surface area contributed by atoms with E-state index in [9.17, 15) is 14.4 Å². The minimum Gasteiger partial charge on any atom is -0.369 e. The fraction of sp³-hybridized carbons (Fsp3) is 0.634. The van der Waals surface area contributed by atoms with Gasteiger partial charge in [0, 0.05) is 60.2 Å². The maximum absolute atomic E-state index is 13.0. The third kappa shape index (κ3) is 14.4. The number of halogens is 1. The lowest BCUT2D eigenvalue weighted by molar-refractivity contribution is -0.120. The molecular formula is C41H62B2BrN5O3. The molecule has 1 amide bonds. The van der Waals surface area contributed by atoms with Crippen LogP contribution in [-0.2, 0) is 22.6 Å². The van der Waals surface area contributed by atoms with Crippen molar-refractivity contribution < 1.29 is 9.59 Å². The number of Topliss-reactive ketones (excluding diaryl/α,β-unsaturated/α-hetero) is 1. The van der Waals surface area contributed by atoms with Gasteiger partial charge in [-0.05, 0) is 61.1 Å². The molecule has 1 spiro atoms. The summed E-state index contributed by atoms with van der Waals surface area (Å²) >= 11 is 3.48. The van der Waals surface area contributed by atoms with E-state index in [0.717, 1.165) is 110 Å². The third-order valence-corrected chi connectivity index (χ3v) is 11.0. The number of unbranched alkanes of at least 4 members (excludes halogenated alkanes) is 8. The van der Waals surface area contributed by atoms with Gasteiger partial charge in [-0.15, -0.1) is 0 Å². The monoisotopic (exact) mass is 773 g/mol. The molecule has 1 aliphatic carbocycles. The van der Waals surface area contributed by atoms with Crippen molar-refractivity contribution in [2.24, 2.45) is 17.1 Å². The molecule has 11 heteroatoms. The lowest BCUT2D eigenvalue weighted by Crippen LogP contribution is -2.25. The van der Waals surface area contributed by atoms with Crippen LogP contribution in [0.3, 0.4) is 0 Å². The molecule has 1 atom stereocenters. The Bertz CT molecular complexity index is 1590. The molecule has 1 saturated heterocycles. The predicted octanol–water partition coefficient (Wildman–Crippen LogP) is 9.66. The molecule has 2 radical (unpaired) electrons. The van der Waals surface area contributed by atoms with Crippen LogP contribution in [0.2, 0.25) is 19.5 Å². The zero-order valence-electron chi connectivity index (χ0n) is 32.4. The molecule has 3 heterocycles. The van der Waals surface area contributed by atoms with E-state index in [1.807, 2.05) is 49.9 Å². The summed E-state index contributed by atoms with van der Waals surface area (Å²) in [6.45, 7) is 8.44. The summed E-state index contributed by atoms with van der Waals surface area (Å²) < 4.78 is 1.85. The third-order valence-electron chi connectivity index (χ3n) is 10.4. The van der Waals surface area contributed by atoms with Gasteiger partial charge in [0.2, 0.25) is 5.91 Å². The number of aromatic nitrogens is 3. The highest BCUT2D eigenvalue weighted by Crippen LogP contribution is 2.61. The number of nitrogens with two attached hydrogens (primary N) is 1. The standard InChI is InChI=1S/C29H40BrN3O2.C9H13BN2O.C2H6.CH3B/c1-2-25(34)13-9-5-6-10-14-28-31-22-27(32-28)24-15-16-26-23(21-24)17-20-33(29(26)35)19-12-8-4-3-7-11-18-30;11-6-10-3-1-9(2-4-10)5-7(9)8(12)13;2*1-2/h15-17,20-22H,2-14,18-19H2,1H3,(H,31,32);7H,1-5H2,(H2,12,13);1-2H3;1H3. The van der Waals surface area contributed by atoms with Gasteiger partial charge in [0.15, 0.2) is 0 Å². The van der Waals surface area contributed by atoms with Crippen molar-refractivity contribution in [1.82, 2.24) is 14.5 Å². The Labute approximate surface area is 323 Å². The smallest absolute Gasteiger partial charge is 0.267 e. The molecule has 2 aliphatic rings. The lowest BCUT2D eigenvalue weighted by atomic mass is 9.41. The number of nitrogens with one attached hydrogen (secondary N) is 1. The van der Waals surface area contributed by atoms with Gasteiger partial charge in [-0.25, -0.2) is 10.2 Å². The highest BCUT2D eigenvalue weighted by atomic mass is 79.9. The summed E-state index contributed by atoms with van der Waals surface area (Å²) in [5.41, 5.74) is 7.62. The number of ketones is 1. The first-order valence-corrected chi connectivity index (χ1v) is 20.9. The Morgan fingerprint density at radius 2 is 1.69 bits per heavy atom. The Hall–Kier alpha value is -3.12. The van der Waals surface area contributed by atoms with Crippen LogP contribution >= 0.6 is 15.9 Å². The van der Waals surface area contributed by atoms with Crippen LogP contribution in [0.15, 0.2) is 41.5 Å². The average Bonchev–Trinajstić information content (AvgIpc) is 3.68. The van der Waals surface area contributed by atoms with Gasteiger partial charge in [-0.2, -0.15) is 0 Å². The highest BCUT2D eigenvalue weighted by Gasteiger charge is 2.58. The second-order valence-electron chi connectivity index (χ2n) is 13.9. The number of carbonyl (C=O) groups excluding carboxylic acids is 2. The number of H-pyrrole nitrogens is 1. The Morgan fingerprint density at radius 1 is 1.04 bits per heavy atom. The first kappa shape index (κ1) is 45.0. The first-order valence-electron chi connectivity index (χ1n) is 19.8. The van der Waals surface area contributed by atoms with Crippen LogP contribution in [0.1, 0.15) is 123 Å². The maximum atomic E-state index is 13.0. The normalized spacial score (nSPS) is 15.3. The Balaban J connectivity index is 0.000000455. The number of aromatic amines is 1. The summed E-state index contributed by atoms with van der Waals surface area (Å²) in [5.74, 6) is 3.63. The Kier molecular flexibility index (Phi) is 21.7. The molecule has 0 bridgehead atoms. The number of nitrogens with zero attached hydrogens (tertiary/aromatic N) is 3. The van der Waals surface area contributed by atoms with Gasteiger partial charge >= 0.3 is 0 Å². The van der Waals surface area contributed by atoms with E-state index < -0.39 is 0 Å².